The highest BCUT2D eigenvalue weighted by Gasteiger charge is 2.30. The predicted molar refractivity (Wildman–Crippen MR) is 88.6 cm³/mol. The molecule has 2 fully saturated rings. The van der Waals surface area contributed by atoms with Gasteiger partial charge in [-0.25, -0.2) is 0 Å². The minimum absolute atomic E-state index is 0.0414. The normalized spacial score (nSPS) is 26.2. The largest absolute Gasteiger partial charge is 0.339 e. The van der Waals surface area contributed by atoms with Gasteiger partial charge in [-0.1, -0.05) is 0 Å². The standard InChI is InChI=1S/C18H23N5O/c19-10-16-3-1-7-22(16)13-14-5-6-15(9-14)21-12-18(24)23-8-2-4-17(23)11-20/h1,3,7,14-15,17,21H,2,4-6,8-9,12-13H2/t14?,15?,17-/m0/s1. The zero-order valence-corrected chi connectivity index (χ0v) is 13.8. The van der Waals surface area contributed by atoms with Gasteiger partial charge in [-0.3, -0.25) is 4.79 Å². The summed E-state index contributed by atoms with van der Waals surface area (Å²) in [4.78, 5) is 14.0. The van der Waals surface area contributed by atoms with Crippen LogP contribution >= 0.6 is 0 Å². The first-order valence-corrected chi connectivity index (χ1v) is 8.69. The highest BCUT2D eigenvalue weighted by Crippen LogP contribution is 2.27. The molecule has 1 saturated heterocycles. The van der Waals surface area contributed by atoms with Crippen LogP contribution in [0.4, 0.5) is 0 Å². The van der Waals surface area contributed by atoms with Gasteiger partial charge in [-0.05, 0) is 50.2 Å². The lowest BCUT2D eigenvalue weighted by Gasteiger charge is -2.21. The first-order chi connectivity index (χ1) is 11.7. The molecule has 3 atom stereocenters. The fraction of sp³-hybridized carbons (Fsp3) is 0.611. The average molecular weight is 325 g/mol. The van der Waals surface area contributed by atoms with Crippen molar-refractivity contribution in [3.05, 3.63) is 24.0 Å². The van der Waals surface area contributed by atoms with Crippen molar-refractivity contribution in [3.8, 4) is 12.1 Å². The number of nitriles is 2. The molecule has 6 nitrogen and oxygen atoms in total. The molecule has 6 heteroatoms. The molecule has 0 spiro atoms. The van der Waals surface area contributed by atoms with Gasteiger partial charge in [0.1, 0.15) is 17.8 Å². The molecule has 3 rings (SSSR count). The van der Waals surface area contributed by atoms with Crippen LogP contribution < -0.4 is 5.32 Å². The maximum Gasteiger partial charge on any atom is 0.237 e. The Labute approximate surface area is 142 Å². The zero-order valence-electron chi connectivity index (χ0n) is 13.8. The molecule has 126 valence electrons. The lowest BCUT2D eigenvalue weighted by atomic mass is 10.1. The SMILES string of the molecule is N#Cc1cccn1CC1CCC(NCC(=O)N2CCC[C@H]2C#N)C1. The van der Waals surface area contributed by atoms with Gasteiger partial charge in [0.15, 0.2) is 0 Å². The Morgan fingerprint density at radius 1 is 1.33 bits per heavy atom. The van der Waals surface area contributed by atoms with Crippen LogP contribution in [-0.4, -0.2) is 40.5 Å². The van der Waals surface area contributed by atoms with Crippen molar-refractivity contribution in [1.29, 1.82) is 10.5 Å². The molecule has 0 aromatic carbocycles. The molecule has 24 heavy (non-hydrogen) atoms. The maximum absolute atomic E-state index is 12.3. The number of hydrogen-bond acceptors (Lipinski definition) is 4. The number of likely N-dealkylation sites (tertiary alicyclic amines) is 1. The summed E-state index contributed by atoms with van der Waals surface area (Å²) in [7, 11) is 0. The number of amides is 1. The summed E-state index contributed by atoms with van der Waals surface area (Å²) < 4.78 is 2.01. The van der Waals surface area contributed by atoms with E-state index in [0.717, 1.165) is 38.6 Å². The van der Waals surface area contributed by atoms with E-state index in [1.54, 1.807) is 4.90 Å². The van der Waals surface area contributed by atoms with E-state index < -0.39 is 0 Å². The van der Waals surface area contributed by atoms with Crippen molar-refractivity contribution in [3.63, 3.8) is 0 Å². The third-order valence-corrected chi connectivity index (χ3v) is 5.20. The van der Waals surface area contributed by atoms with E-state index in [1.807, 2.05) is 22.9 Å². The van der Waals surface area contributed by atoms with E-state index in [9.17, 15) is 4.79 Å². The van der Waals surface area contributed by atoms with Crippen LogP contribution in [-0.2, 0) is 11.3 Å². The molecule has 1 amide bonds. The number of carbonyl (C=O) groups excluding carboxylic acids is 1. The van der Waals surface area contributed by atoms with E-state index in [1.165, 1.54) is 0 Å². The highest BCUT2D eigenvalue weighted by atomic mass is 16.2. The molecule has 1 aromatic rings. The van der Waals surface area contributed by atoms with Gasteiger partial charge < -0.3 is 14.8 Å². The fourth-order valence-corrected chi connectivity index (χ4v) is 3.91. The number of rotatable bonds is 5. The van der Waals surface area contributed by atoms with Crippen molar-refractivity contribution in [2.75, 3.05) is 13.1 Å². The maximum atomic E-state index is 12.3. The first kappa shape index (κ1) is 16.5. The molecule has 0 radical (unpaired) electrons. The number of hydrogen-bond donors (Lipinski definition) is 1. The molecule has 1 aromatic heterocycles. The monoisotopic (exact) mass is 325 g/mol. The topological polar surface area (TPSA) is 84.8 Å². The summed E-state index contributed by atoms with van der Waals surface area (Å²) in [5, 5.41) is 21.5. The van der Waals surface area contributed by atoms with Crippen LogP contribution in [0.15, 0.2) is 18.3 Å². The van der Waals surface area contributed by atoms with Crippen LogP contribution in [0.3, 0.4) is 0 Å². The second-order valence-corrected chi connectivity index (χ2v) is 6.79. The molecule has 0 bridgehead atoms. The van der Waals surface area contributed by atoms with Gasteiger partial charge in [-0.15, -0.1) is 0 Å². The lowest BCUT2D eigenvalue weighted by Crippen LogP contribution is -2.42. The third kappa shape index (κ3) is 3.60. The molecule has 1 aliphatic heterocycles. The Morgan fingerprint density at radius 2 is 2.21 bits per heavy atom. The van der Waals surface area contributed by atoms with Gasteiger partial charge in [-0.2, -0.15) is 10.5 Å². The second kappa shape index (κ2) is 7.51. The minimum Gasteiger partial charge on any atom is -0.339 e. The van der Waals surface area contributed by atoms with E-state index in [2.05, 4.69) is 17.5 Å². The van der Waals surface area contributed by atoms with Crippen molar-refractivity contribution < 1.29 is 4.79 Å². The van der Waals surface area contributed by atoms with E-state index >= 15 is 0 Å². The molecule has 1 N–H and O–H groups in total. The highest BCUT2D eigenvalue weighted by molar-refractivity contribution is 5.79. The molecular weight excluding hydrogens is 302 g/mol. The summed E-state index contributed by atoms with van der Waals surface area (Å²) in [5.74, 6) is 0.579. The Hall–Kier alpha value is -2.31. The lowest BCUT2D eigenvalue weighted by molar-refractivity contribution is -0.130. The van der Waals surface area contributed by atoms with Crippen molar-refractivity contribution in [2.45, 2.75) is 50.7 Å². The Bertz CT molecular complexity index is 668. The van der Waals surface area contributed by atoms with Crippen LogP contribution in [0, 0.1) is 28.6 Å². The van der Waals surface area contributed by atoms with Gasteiger partial charge in [0.05, 0.1) is 12.6 Å². The third-order valence-electron chi connectivity index (χ3n) is 5.20. The smallest absolute Gasteiger partial charge is 0.237 e. The summed E-state index contributed by atoms with van der Waals surface area (Å²) in [5.41, 5.74) is 0.707. The Morgan fingerprint density at radius 3 is 3.00 bits per heavy atom. The van der Waals surface area contributed by atoms with Crippen LogP contribution in [0.1, 0.15) is 37.8 Å². The van der Waals surface area contributed by atoms with Crippen LogP contribution in [0.5, 0.6) is 0 Å². The summed E-state index contributed by atoms with van der Waals surface area (Å²) in [6.07, 6.45) is 6.87. The molecular formula is C18H23N5O. The number of nitrogens with zero attached hydrogens (tertiary/aromatic N) is 4. The average Bonchev–Trinajstić information content (AvgIpc) is 3.33. The molecule has 2 aliphatic rings. The Kier molecular flexibility index (Phi) is 5.17. The van der Waals surface area contributed by atoms with E-state index in [0.29, 0.717) is 30.7 Å². The van der Waals surface area contributed by atoms with Gasteiger partial charge in [0.2, 0.25) is 5.91 Å². The van der Waals surface area contributed by atoms with Crippen molar-refractivity contribution in [1.82, 2.24) is 14.8 Å². The first-order valence-electron chi connectivity index (χ1n) is 8.69. The summed E-state index contributed by atoms with van der Waals surface area (Å²) >= 11 is 0. The molecule has 1 aliphatic carbocycles. The van der Waals surface area contributed by atoms with Gasteiger partial charge in [0.25, 0.3) is 0 Å². The van der Waals surface area contributed by atoms with Crippen LogP contribution in [0.2, 0.25) is 0 Å². The predicted octanol–water partition coefficient (Wildman–Crippen LogP) is 1.63. The number of aromatic nitrogens is 1. The zero-order chi connectivity index (χ0) is 16.9. The second-order valence-electron chi connectivity index (χ2n) is 6.79. The fourth-order valence-electron chi connectivity index (χ4n) is 3.91. The Balaban J connectivity index is 1.44. The summed E-state index contributed by atoms with van der Waals surface area (Å²) in [6, 6.07) is 8.28. The molecule has 2 heterocycles. The number of carbonyl (C=O) groups is 1. The number of nitrogens with one attached hydrogen (secondary N) is 1. The van der Waals surface area contributed by atoms with Crippen LogP contribution in [0.25, 0.3) is 0 Å². The molecule has 2 unspecified atom stereocenters. The van der Waals surface area contributed by atoms with Gasteiger partial charge >= 0.3 is 0 Å². The summed E-state index contributed by atoms with van der Waals surface area (Å²) in [6.45, 7) is 1.89. The van der Waals surface area contributed by atoms with Crippen molar-refractivity contribution in [2.24, 2.45) is 5.92 Å². The van der Waals surface area contributed by atoms with Crippen molar-refractivity contribution >= 4 is 5.91 Å². The van der Waals surface area contributed by atoms with Gasteiger partial charge in [0, 0.05) is 25.3 Å². The van der Waals surface area contributed by atoms with E-state index in [4.69, 9.17) is 10.5 Å². The van der Waals surface area contributed by atoms with E-state index in [-0.39, 0.29) is 11.9 Å². The minimum atomic E-state index is -0.242. The quantitative estimate of drug-likeness (QED) is 0.891. The molecule has 1 saturated carbocycles.